The molecule has 0 heteroatoms. The molecule has 2 rings (SSSR count). The van der Waals surface area contributed by atoms with Crippen molar-refractivity contribution in [1.82, 2.24) is 0 Å². The summed E-state index contributed by atoms with van der Waals surface area (Å²) in [4.78, 5) is 0. The van der Waals surface area contributed by atoms with E-state index < -0.39 is 0 Å². The lowest BCUT2D eigenvalue weighted by Gasteiger charge is -2.46. The molecule has 2 fully saturated rings. The molecule has 0 spiro atoms. The van der Waals surface area contributed by atoms with Gasteiger partial charge in [-0.25, -0.2) is 0 Å². The molecular formula is C14H26. The van der Waals surface area contributed by atoms with Crippen molar-refractivity contribution in [3.05, 3.63) is 0 Å². The molecule has 4 unspecified atom stereocenters. The highest BCUT2D eigenvalue weighted by molar-refractivity contribution is 5.14. The van der Waals surface area contributed by atoms with Crippen molar-refractivity contribution < 1.29 is 0 Å². The van der Waals surface area contributed by atoms with Crippen LogP contribution in [0.3, 0.4) is 0 Å². The van der Waals surface area contributed by atoms with Gasteiger partial charge in [-0.05, 0) is 47.8 Å². The molecule has 4 atom stereocenters. The van der Waals surface area contributed by atoms with Gasteiger partial charge in [0, 0.05) is 0 Å². The van der Waals surface area contributed by atoms with Crippen LogP contribution >= 0.6 is 0 Å². The first kappa shape index (κ1) is 10.5. The first-order valence-electron chi connectivity index (χ1n) is 6.45. The summed E-state index contributed by atoms with van der Waals surface area (Å²) in [6.07, 6.45) is 5.89. The molecule has 0 aromatic rings. The van der Waals surface area contributed by atoms with Gasteiger partial charge >= 0.3 is 0 Å². The fraction of sp³-hybridized carbons (Fsp3) is 1.00. The highest BCUT2D eigenvalue weighted by atomic mass is 14.7. The van der Waals surface area contributed by atoms with Gasteiger partial charge in [0.25, 0.3) is 0 Å². The van der Waals surface area contributed by atoms with Crippen LogP contribution in [0.4, 0.5) is 0 Å². The molecule has 0 aromatic carbocycles. The molecule has 2 aliphatic carbocycles. The van der Waals surface area contributed by atoms with Crippen molar-refractivity contribution in [2.45, 2.75) is 60.3 Å². The van der Waals surface area contributed by atoms with Crippen molar-refractivity contribution in [3.8, 4) is 0 Å². The standard InChI is InChI=1S/C14H26/c1-6-11-7-8-13(4,10(2)3)14(5)9-12(11)14/h10-12H,6-9H2,1-5H3. The summed E-state index contributed by atoms with van der Waals surface area (Å²) in [5, 5.41) is 0. The van der Waals surface area contributed by atoms with E-state index in [0.717, 1.165) is 17.8 Å². The van der Waals surface area contributed by atoms with Crippen LogP contribution in [0, 0.1) is 28.6 Å². The number of hydrogen-bond donors (Lipinski definition) is 0. The first-order chi connectivity index (χ1) is 6.45. The largest absolute Gasteiger partial charge is 0.0651 e. The molecule has 0 radical (unpaired) electrons. The monoisotopic (exact) mass is 194 g/mol. The summed E-state index contributed by atoms with van der Waals surface area (Å²) >= 11 is 0. The molecule has 0 saturated heterocycles. The molecule has 14 heavy (non-hydrogen) atoms. The van der Waals surface area contributed by atoms with E-state index in [2.05, 4.69) is 34.6 Å². The van der Waals surface area contributed by atoms with Gasteiger partial charge in [0.15, 0.2) is 0 Å². The van der Waals surface area contributed by atoms with Crippen LogP contribution in [-0.2, 0) is 0 Å². The summed E-state index contributed by atoms with van der Waals surface area (Å²) in [5.74, 6) is 2.97. The van der Waals surface area contributed by atoms with Gasteiger partial charge in [-0.15, -0.1) is 0 Å². The predicted molar refractivity (Wildman–Crippen MR) is 62.2 cm³/mol. The zero-order chi connectivity index (χ0) is 10.6. The number of rotatable bonds is 2. The molecule has 0 bridgehead atoms. The molecule has 0 nitrogen and oxygen atoms in total. The Bertz CT molecular complexity index is 230. The Morgan fingerprint density at radius 2 is 1.93 bits per heavy atom. The van der Waals surface area contributed by atoms with Gasteiger partial charge in [0.05, 0.1) is 0 Å². The van der Waals surface area contributed by atoms with E-state index in [1.807, 2.05) is 0 Å². The Morgan fingerprint density at radius 1 is 1.29 bits per heavy atom. The van der Waals surface area contributed by atoms with Crippen molar-refractivity contribution in [2.75, 3.05) is 0 Å². The fourth-order valence-corrected chi connectivity index (χ4v) is 4.15. The summed E-state index contributed by atoms with van der Waals surface area (Å²) < 4.78 is 0. The van der Waals surface area contributed by atoms with Crippen LogP contribution in [0.25, 0.3) is 0 Å². The molecule has 0 aliphatic heterocycles. The maximum Gasteiger partial charge on any atom is -0.0235 e. The fourth-order valence-electron chi connectivity index (χ4n) is 4.15. The summed E-state index contributed by atoms with van der Waals surface area (Å²) in [6.45, 7) is 12.3. The maximum atomic E-state index is 2.56. The molecule has 0 amide bonds. The highest BCUT2D eigenvalue weighted by Crippen LogP contribution is 2.73. The topological polar surface area (TPSA) is 0 Å². The van der Waals surface area contributed by atoms with E-state index in [1.54, 1.807) is 0 Å². The predicted octanol–water partition coefficient (Wildman–Crippen LogP) is 4.49. The van der Waals surface area contributed by atoms with E-state index in [4.69, 9.17) is 0 Å². The van der Waals surface area contributed by atoms with E-state index in [1.165, 1.54) is 25.7 Å². The van der Waals surface area contributed by atoms with Gasteiger partial charge in [-0.2, -0.15) is 0 Å². The van der Waals surface area contributed by atoms with Gasteiger partial charge in [0.1, 0.15) is 0 Å². The van der Waals surface area contributed by atoms with Crippen LogP contribution in [0.1, 0.15) is 60.3 Å². The lowest BCUT2D eigenvalue weighted by Crippen LogP contribution is -2.38. The van der Waals surface area contributed by atoms with Crippen molar-refractivity contribution in [3.63, 3.8) is 0 Å². The zero-order valence-corrected chi connectivity index (χ0v) is 10.6. The zero-order valence-electron chi connectivity index (χ0n) is 10.6. The van der Waals surface area contributed by atoms with Crippen LogP contribution in [0.5, 0.6) is 0 Å². The van der Waals surface area contributed by atoms with E-state index in [0.29, 0.717) is 10.8 Å². The minimum atomic E-state index is 0.628. The Hall–Kier alpha value is 0. The average molecular weight is 194 g/mol. The number of hydrogen-bond acceptors (Lipinski definition) is 0. The second-order valence-corrected chi connectivity index (χ2v) is 6.51. The molecule has 0 N–H and O–H groups in total. The van der Waals surface area contributed by atoms with Crippen LogP contribution < -0.4 is 0 Å². The quantitative estimate of drug-likeness (QED) is 0.607. The third-order valence-electron chi connectivity index (χ3n) is 6.01. The molecule has 0 heterocycles. The van der Waals surface area contributed by atoms with Gasteiger partial charge < -0.3 is 0 Å². The van der Waals surface area contributed by atoms with Crippen LogP contribution in [0.15, 0.2) is 0 Å². The summed E-state index contributed by atoms with van der Waals surface area (Å²) in [5.41, 5.74) is 1.32. The third kappa shape index (κ3) is 1.12. The van der Waals surface area contributed by atoms with E-state index in [-0.39, 0.29) is 0 Å². The Labute approximate surface area is 89.5 Å². The van der Waals surface area contributed by atoms with Gasteiger partial charge in [0.2, 0.25) is 0 Å². The molecule has 0 aromatic heterocycles. The van der Waals surface area contributed by atoms with Crippen LogP contribution in [0.2, 0.25) is 0 Å². The lowest BCUT2D eigenvalue weighted by molar-refractivity contribution is 0.0295. The Morgan fingerprint density at radius 3 is 2.43 bits per heavy atom. The van der Waals surface area contributed by atoms with Crippen LogP contribution in [-0.4, -0.2) is 0 Å². The van der Waals surface area contributed by atoms with Crippen molar-refractivity contribution in [2.24, 2.45) is 28.6 Å². The highest BCUT2D eigenvalue weighted by Gasteiger charge is 2.65. The summed E-state index contributed by atoms with van der Waals surface area (Å²) in [7, 11) is 0. The lowest BCUT2D eigenvalue weighted by atomic mass is 9.59. The minimum Gasteiger partial charge on any atom is -0.0651 e. The molecular weight excluding hydrogens is 168 g/mol. The van der Waals surface area contributed by atoms with Crippen molar-refractivity contribution >= 4 is 0 Å². The van der Waals surface area contributed by atoms with E-state index in [9.17, 15) is 0 Å². The second-order valence-electron chi connectivity index (χ2n) is 6.51. The third-order valence-corrected chi connectivity index (χ3v) is 6.01. The second kappa shape index (κ2) is 3.00. The normalized spacial score (nSPS) is 51.9. The summed E-state index contributed by atoms with van der Waals surface area (Å²) in [6, 6.07) is 0. The average Bonchev–Trinajstić information content (AvgIpc) is 2.80. The molecule has 2 aliphatic rings. The smallest absolute Gasteiger partial charge is 0.0235 e. The maximum absolute atomic E-state index is 2.56. The Kier molecular flexibility index (Phi) is 2.25. The Balaban J connectivity index is 2.19. The number of fused-ring (bicyclic) bond motifs is 1. The van der Waals surface area contributed by atoms with Gasteiger partial charge in [-0.3, -0.25) is 0 Å². The van der Waals surface area contributed by atoms with Crippen molar-refractivity contribution in [1.29, 1.82) is 0 Å². The molecule has 2 saturated carbocycles. The van der Waals surface area contributed by atoms with Gasteiger partial charge in [-0.1, -0.05) is 41.0 Å². The first-order valence-corrected chi connectivity index (χ1v) is 6.45. The van der Waals surface area contributed by atoms with E-state index >= 15 is 0 Å². The molecule has 82 valence electrons. The SMILES string of the molecule is CCC1CCC(C)(C(C)C)C2(C)CC12. The minimum absolute atomic E-state index is 0.628.